The fourth-order valence-corrected chi connectivity index (χ4v) is 3.99. The second kappa shape index (κ2) is 7.22. The Hall–Kier alpha value is -2.78. The van der Waals surface area contributed by atoms with Gasteiger partial charge in [0.2, 0.25) is 0 Å². The van der Waals surface area contributed by atoms with E-state index in [1.165, 1.54) is 16.0 Å². The number of aldehydes is 1. The molecule has 2 aromatic heterocycles. The molecule has 0 aliphatic heterocycles. The standard InChI is InChI=1S/C23H19NOS/c1-17-11-12-24-20(13-17)14-22(23(24)15-25)19-7-9-21(10-8-19)26-16-18-5-3-2-4-6-18/h2-15H,16H2,1H3. The zero-order chi connectivity index (χ0) is 17.9. The molecule has 0 atom stereocenters. The summed E-state index contributed by atoms with van der Waals surface area (Å²) in [7, 11) is 0. The number of fused-ring (bicyclic) bond motifs is 1. The van der Waals surface area contributed by atoms with Gasteiger partial charge in [0.15, 0.2) is 6.29 Å². The van der Waals surface area contributed by atoms with Crippen LogP contribution in [0.1, 0.15) is 21.6 Å². The second-order valence-electron chi connectivity index (χ2n) is 6.36. The van der Waals surface area contributed by atoms with Gasteiger partial charge in [0.05, 0.1) is 5.69 Å². The van der Waals surface area contributed by atoms with Crippen molar-refractivity contribution in [3.05, 3.63) is 95.8 Å². The fraction of sp³-hybridized carbons (Fsp3) is 0.0870. The number of aryl methyl sites for hydroxylation is 1. The molecule has 3 heteroatoms. The first-order chi connectivity index (χ1) is 12.7. The molecule has 0 N–H and O–H groups in total. The summed E-state index contributed by atoms with van der Waals surface area (Å²) >= 11 is 1.82. The third-order valence-electron chi connectivity index (χ3n) is 4.49. The number of hydrogen-bond donors (Lipinski definition) is 0. The molecule has 0 spiro atoms. The topological polar surface area (TPSA) is 21.5 Å². The quantitative estimate of drug-likeness (QED) is 0.322. The van der Waals surface area contributed by atoms with E-state index in [4.69, 9.17) is 0 Å². The predicted molar refractivity (Wildman–Crippen MR) is 109 cm³/mol. The van der Waals surface area contributed by atoms with E-state index < -0.39 is 0 Å². The lowest BCUT2D eigenvalue weighted by atomic mass is 10.1. The molecule has 0 fully saturated rings. The van der Waals surface area contributed by atoms with Crippen molar-refractivity contribution in [1.29, 1.82) is 0 Å². The van der Waals surface area contributed by atoms with Crippen LogP contribution in [0.3, 0.4) is 0 Å². The van der Waals surface area contributed by atoms with Gasteiger partial charge in [-0.1, -0.05) is 42.5 Å². The van der Waals surface area contributed by atoms with Gasteiger partial charge < -0.3 is 4.40 Å². The molecule has 2 heterocycles. The Balaban J connectivity index is 1.60. The summed E-state index contributed by atoms with van der Waals surface area (Å²) in [5.74, 6) is 0.954. The van der Waals surface area contributed by atoms with Crippen molar-refractivity contribution in [2.45, 2.75) is 17.6 Å². The molecule has 0 unspecified atom stereocenters. The lowest BCUT2D eigenvalue weighted by Crippen LogP contribution is -1.92. The van der Waals surface area contributed by atoms with Crippen LogP contribution in [0, 0.1) is 6.92 Å². The van der Waals surface area contributed by atoms with Crippen molar-refractivity contribution in [3.63, 3.8) is 0 Å². The number of aromatic nitrogens is 1. The Morgan fingerprint density at radius 1 is 0.962 bits per heavy atom. The van der Waals surface area contributed by atoms with Crippen LogP contribution in [-0.4, -0.2) is 10.7 Å². The molecule has 2 aromatic carbocycles. The van der Waals surface area contributed by atoms with Crippen LogP contribution in [0.15, 0.2) is 83.9 Å². The highest BCUT2D eigenvalue weighted by molar-refractivity contribution is 7.98. The first-order valence-corrected chi connectivity index (χ1v) is 9.57. The minimum atomic E-state index is 0.699. The summed E-state index contributed by atoms with van der Waals surface area (Å²) in [6, 6.07) is 25.1. The largest absolute Gasteiger partial charge is 0.314 e. The van der Waals surface area contributed by atoms with Crippen LogP contribution < -0.4 is 0 Å². The molecular weight excluding hydrogens is 338 g/mol. The Kier molecular flexibility index (Phi) is 4.63. The molecule has 0 bridgehead atoms. The highest BCUT2D eigenvalue weighted by Gasteiger charge is 2.11. The normalized spacial score (nSPS) is 11.0. The number of thioether (sulfide) groups is 1. The fourth-order valence-electron chi connectivity index (χ4n) is 3.13. The van der Waals surface area contributed by atoms with Crippen LogP contribution in [0.5, 0.6) is 0 Å². The monoisotopic (exact) mass is 357 g/mol. The highest BCUT2D eigenvalue weighted by atomic mass is 32.2. The average Bonchev–Trinajstić information content (AvgIpc) is 3.05. The van der Waals surface area contributed by atoms with Gasteiger partial charge in [-0.25, -0.2) is 0 Å². The van der Waals surface area contributed by atoms with Gasteiger partial charge in [-0.3, -0.25) is 4.79 Å². The number of hydrogen-bond acceptors (Lipinski definition) is 2. The van der Waals surface area contributed by atoms with E-state index >= 15 is 0 Å². The number of rotatable bonds is 5. The van der Waals surface area contributed by atoms with Crippen LogP contribution >= 0.6 is 11.8 Å². The number of nitrogens with zero attached hydrogens (tertiary/aromatic N) is 1. The number of carbonyl (C=O) groups excluding carboxylic acids is 1. The van der Waals surface area contributed by atoms with E-state index in [1.54, 1.807) is 0 Å². The smallest absolute Gasteiger partial charge is 0.167 e. The Bertz CT molecular complexity index is 1050. The van der Waals surface area contributed by atoms with Gasteiger partial charge in [-0.05, 0) is 53.9 Å². The molecule has 128 valence electrons. The molecule has 0 saturated carbocycles. The molecule has 4 aromatic rings. The van der Waals surface area contributed by atoms with Crippen molar-refractivity contribution in [3.8, 4) is 11.1 Å². The van der Waals surface area contributed by atoms with E-state index in [0.29, 0.717) is 5.69 Å². The van der Waals surface area contributed by atoms with Gasteiger partial charge in [-0.2, -0.15) is 0 Å². The second-order valence-corrected chi connectivity index (χ2v) is 7.41. The maximum atomic E-state index is 11.7. The zero-order valence-corrected chi connectivity index (χ0v) is 15.4. The van der Waals surface area contributed by atoms with Crippen LogP contribution in [-0.2, 0) is 5.75 Å². The number of carbonyl (C=O) groups is 1. The maximum Gasteiger partial charge on any atom is 0.167 e. The van der Waals surface area contributed by atoms with Crippen molar-refractivity contribution in [2.24, 2.45) is 0 Å². The van der Waals surface area contributed by atoms with Crippen molar-refractivity contribution in [2.75, 3.05) is 0 Å². The van der Waals surface area contributed by atoms with Gasteiger partial charge in [-0.15, -0.1) is 11.8 Å². The molecule has 0 aliphatic rings. The summed E-state index contributed by atoms with van der Waals surface area (Å²) in [5, 5.41) is 0. The van der Waals surface area contributed by atoms with E-state index in [9.17, 15) is 4.79 Å². The van der Waals surface area contributed by atoms with Gasteiger partial charge >= 0.3 is 0 Å². The first kappa shape index (κ1) is 16.7. The Morgan fingerprint density at radius 2 is 1.73 bits per heavy atom. The molecule has 2 nitrogen and oxygen atoms in total. The van der Waals surface area contributed by atoms with E-state index in [1.807, 2.05) is 34.5 Å². The van der Waals surface area contributed by atoms with Gasteiger partial charge in [0, 0.05) is 27.9 Å². The molecule has 0 saturated heterocycles. The van der Waals surface area contributed by atoms with Crippen molar-refractivity contribution >= 4 is 23.6 Å². The molecule has 26 heavy (non-hydrogen) atoms. The third kappa shape index (κ3) is 3.31. The molecular formula is C23H19NOS. The summed E-state index contributed by atoms with van der Waals surface area (Å²) in [6.45, 7) is 2.06. The SMILES string of the molecule is Cc1ccn2c(C=O)c(-c3ccc(SCc4ccccc4)cc3)cc2c1. The molecule has 0 radical (unpaired) electrons. The summed E-state index contributed by atoms with van der Waals surface area (Å²) in [4.78, 5) is 12.9. The third-order valence-corrected chi connectivity index (χ3v) is 5.58. The van der Waals surface area contributed by atoms with E-state index in [2.05, 4.69) is 67.6 Å². The van der Waals surface area contributed by atoms with E-state index in [-0.39, 0.29) is 0 Å². The lowest BCUT2D eigenvalue weighted by Gasteiger charge is -2.05. The minimum Gasteiger partial charge on any atom is -0.314 e. The van der Waals surface area contributed by atoms with Crippen LogP contribution in [0.4, 0.5) is 0 Å². The minimum absolute atomic E-state index is 0.699. The Labute approximate surface area is 157 Å². The highest BCUT2D eigenvalue weighted by Crippen LogP contribution is 2.30. The lowest BCUT2D eigenvalue weighted by molar-refractivity contribution is 0.111. The van der Waals surface area contributed by atoms with Crippen LogP contribution in [0.2, 0.25) is 0 Å². The summed E-state index contributed by atoms with van der Waals surface area (Å²) < 4.78 is 1.95. The van der Waals surface area contributed by atoms with Crippen molar-refractivity contribution < 1.29 is 4.79 Å². The maximum absolute atomic E-state index is 11.7. The van der Waals surface area contributed by atoms with Crippen molar-refractivity contribution in [1.82, 2.24) is 4.40 Å². The van der Waals surface area contributed by atoms with Crippen LogP contribution in [0.25, 0.3) is 16.6 Å². The molecule has 0 aliphatic carbocycles. The predicted octanol–water partition coefficient (Wildman–Crippen LogP) is 6.02. The Morgan fingerprint density at radius 3 is 2.46 bits per heavy atom. The summed E-state index contributed by atoms with van der Waals surface area (Å²) in [5.41, 5.74) is 6.29. The van der Waals surface area contributed by atoms with Gasteiger partial charge in [0.25, 0.3) is 0 Å². The van der Waals surface area contributed by atoms with E-state index in [0.717, 1.165) is 28.7 Å². The first-order valence-electron chi connectivity index (χ1n) is 8.58. The molecule has 4 rings (SSSR count). The number of benzene rings is 2. The average molecular weight is 357 g/mol. The summed E-state index contributed by atoms with van der Waals surface area (Å²) in [6.07, 6.45) is 2.90. The number of pyridine rings is 1. The zero-order valence-electron chi connectivity index (χ0n) is 14.6. The van der Waals surface area contributed by atoms with Gasteiger partial charge in [0.1, 0.15) is 0 Å². The molecule has 0 amide bonds.